The molecule has 0 spiro atoms. The predicted octanol–water partition coefficient (Wildman–Crippen LogP) is 3.94. The third-order valence-electron chi connectivity index (χ3n) is 3.66. The van der Waals surface area contributed by atoms with E-state index in [-0.39, 0.29) is 11.5 Å². The van der Waals surface area contributed by atoms with Crippen molar-refractivity contribution in [3.05, 3.63) is 60.8 Å². The van der Waals surface area contributed by atoms with Crippen molar-refractivity contribution in [2.75, 3.05) is 5.32 Å². The van der Waals surface area contributed by atoms with Crippen LogP contribution in [0.2, 0.25) is 0 Å². The first-order valence-corrected chi connectivity index (χ1v) is 7.13. The number of nitrogens with zero attached hydrogens (tertiary/aromatic N) is 2. The smallest absolute Gasteiger partial charge is 0.159 e. The van der Waals surface area contributed by atoms with Crippen molar-refractivity contribution in [3.8, 4) is 11.5 Å². The van der Waals surface area contributed by atoms with Crippen LogP contribution in [-0.2, 0) is 0 Å². The number of hydrogen-bond acceptors (Lipinski definition) is 5. The molecule has 3 aromatic carbocycles. The maximum Gasteiger partial charge on any atom is 0.159 e. The average Bonchev–Trinajstić information content (AvgIpc) is 2.56. The van der Waals surface area contributed by atoms with Gasteiger partial charge in [0.15, 0.2) is 11.5 Å². The van der Waals surface area contributed by atoms with E-state index in [1.165, 1.54) is 12.1 Å². The lowest BCUT2D eigenvalue weighted by Crippen LogP contribution is -1.95. The number of nitrogens with one attached hydrogen (secondary N) is 1. The highest BCUT2D eigenvalue weighted by Gasteiger charge is 2.05. The zero-order valence-corrected chi connectivity index (χ0v) is 12.1. The first kappa shape index (κ1) is 13.3. The number of phenols is 2. The largest absolute Gasteiger partial charge is 0.504 e. The van der Waals surface area contributed by atoms with Crippen LogP contribution in [-0.4, -0.2) is 20.2 Å². The lowest BCUT2D eigenvalue weighted by molar-refractivity contribution is 0.404. The minimum Gasteiger partial charge on any atom is -0.504 e. The van der Waals surface area contributed by atoms with Crippen LogP contribution < -0.4 is 5.32 Å². The Bertz CT molecular complexity index is 1030. The predicted molar refractivity (Wildman–Crippen MR) is 90.1 cm³/mol. The van der Waals surface area contributed by atoms with E-state index in [1.807, 2.05) is 36.4 Å². The number of rotatable bonds is 2. The van der Waals surface area contributed by atoms with E-state index >= 15 is 0 Å². The maximum atomic E-state index is 9.54. The summed E-state index contributed by atoms with van der Waals surface area (Å²) in [5.74, 6) is 0.222. The topological polar surface area (TPSA) is 78.3 Å². The normalized spacial score (nSPS) is 11.0. The summed E-state index contributed by atoms with van der Waals surface area (Å²) in [4.78, 5) is 8.99. The van der Waals surface area contributed by atoms with Crippen LogP contribution in [0, 0.1) is 0 Å². The third-order valence-corrected chi connectivity index (χ3v) is 3.66. The number of fused-ring (bicyclic) bond motifs is 2. The van der Waals surface area contributed by atoms with Crippen LogP contribution in [0.25, 0.3) is 21.8 Å². The van der Waals surface area contributed by atoms with Gasteiger partial charge in [0.25, 0.3) is 0 Å². The molecule has 4 rings (SSSR count). The molecular formula is C18H13N3O2. The molecule has 0 radical (unpaired) electrons. The Kier molecular flexibility index (Phi) is 2.98. The summed E-state index contributed by atoms with van der Waals surface area (Å²) < 4.78 is 0. The number of aromatic nitrogens is 2. The number of aromatic hydroxyl groups is 2. The van der Waals surface area contributed by atoms with E-state index in [1.54, 1.807) is 12.3 Å². The molecule has 0 fully saturated rings. The lowest BCUT2D eigenvalue weighted by Gasteiger charge is -2.08. The van der Waals surface area contributed by atoms with Gasteiger partial charge in [-0.2, -0.15) is 0 Å². The van der Waals surface area contributed by atoms with E-state index < -0.39 is 0 Å². The molecule has 0 unspecified atom stereocenters. The van der Waals surface area contributed by atoms with Crippen LogP contribution >= 0.6 is 0 Å². The molecule has 0 aliphatic rings. The molecule has 0 saturated carbocycles. The van der Waals surface area contributed by atoms with Crippen LogP contribution in [0.15, 0.2) is 60.8 Å². The zero-order valence-electron chi connectivity index (χ0n) is 12.1. The van der Waals surface area contributed by atoms with E-state index in [0.717, 1.165) is 21.8 Å². The van der Waals surface area contributed by atoms with Crippen molar-refractivity contribution < 1.29 is 10.2 Å². The van der Waals surface area contributed by atoms with Crippen molar-refractivity contribution in [3.63, 3.8) is 0 Å². The molecule has 0 aliphatic heterocycles. The van der Waals surface area contributed by atoms with E-state index in [0.29, 0.717) is 11.5 Å². The fourth-order valence-corrected chi connectivity index (χ4v) is 2.51. The van der Waals surface area contributed by atoms with Crippen molar-refractivity contribution in [2.45, 2.75) is 0 Å². The molecule has 5 heteroatoms. The van der Waals surface area contributed by atoms with Crippen LogP contribution in [0.5, 0.6) is 11.5 Å². The van der Waals surface area contributed by atoms with Gasteiger partial charge < -0.3 is 15.5 Å². The Morgan fingerprint density at radius 3 is 2.26 bits per heavy atom. The number of benzene rings is 3. The number of anilines is 2. The van der Waals surface area contributed by atoms with Gasteiger partial charge in [0.2, 0.25) is 0 Å². The van der Waals surface area contributed by atoms with Gasteiger partial charge in [0.05, 0.1) is 17.2 Å². The van der Waals surface area contributed by atoms with Gasteiger partial charge in [-0.15, -0.1) is 0 Å². The van der Waals surface area contributed by atoms with Gasteiger partial charge in [-0.1, -0.05) is 24.3 Å². The summed E-state index contributed by atoms with van der Waals surface area (Å²) in [5.41, 5.74) is 2.23. The second-order valence-electron chi connectivity index (χ2n) is 5.27. The average molecular weight is 303 g/mol. The fraction of sp³-hybridized carbons (Fsp3) is 0. The van der Waals surface area contributed by atoms with E-state index in [2.05, 4.69) is 15.3 Å². The van der Waals surface area contributed by atoms with Crippen LogP contribution in [0.1, 0.15) is 0 Å². The molecule has 4 aromatic rings. The standard InChI is InChI=1S/C18H13N3O2/c22-16-6-5-13(9-17(16)23)20-18-10-19-14-7-11-3-1-2-4-12(11)8-15(14)21-18/h1-10,22-23H,(H,20,21). The number of hydrogen-bond donors (Lipinski definition) is 3. The number of phenolic OH excluding ortho intramolecular Hbond substituents is 2. The van der Waals surface area contributed by atoms with Crippen molar-refractivity contribution in [1.82, 2.24) is 9.97 Å². The highest BCUT2D eigenvalue weighted by molar-refractivity contribution is 5.95. The van der Waals surface area contributed by atoms with Gasteiger partial charge in [-0.05, 0) is 35.0 Å². The van der Waals surface area contributed by atoms with Gasteiger partial charge in [0, 0.05) is 11.8 Å². The zero-order chi connectivity index (χ0) is 15.8. The molecule has 1 aromatic heterocycles. The second-order valence-corrected chi connectivity index (χ2v) is 5.27. The van der Waals surface area contributed by atoms with Crippen LogP contribution in [0.3, 0.4) is 0 Å². The first-order chi connectivity index (χ1) is 11.2. The molecule has 5 nitrogen and oxygen atoms in total. The molecule has 0 saturated heterocycles. The molecule has 23 heavy (non-hydrogen) atoms. The molecule has 0 amide bonds. The Labute approximate surface area is 131 Å². The van der Waals surface area contributed by atoms with Crippen molar-refractivity contribution in [1.29, 1.82) is 0 Å². The van der Waals surface area contributed by atoms with Gasteiger partial charge in [-0.3, -0.25) is 4.98 Å². The molecule has 0 bridgehead atoms. The van der Waals surface area contributed by atoms with Gasteiger partial charge in [0.1, 0.15) is 5.82 Å². The quantitative estimate of drug-likeness (QED) is 0.297. The van der Waals surface area contributed by atoms with E-state index in [4.69, 9.17) is 0 Å². The summed E-state index contributed by atoms with van der Waals surface area (Å²) in [6.07, 6.45) is 1.64. The molecule has 112 valence electrons. The van der Waals surface area contributed by atoms with Gasteiger partial charge >= 0.3 is 0 Å². The lowest BCUT2D eigenvalue weighted by atomic mass is 10.1. The van der Waals surface area contributed by atoms with Crippen LogP contribution in [0.4, 0.5) is 11.5 Å². The van der Waals surface area contributed by atoms with Crippen molar-refractivity contribution in [2.24, 2.45) is 0 Å². The molecule has 0 aliphatic carbocycles. The Balaban J connectivity index is 1.75. The summed E-state index contributed by atoms with van der Waals surface area (Å²) in [6.45, 7) is 0. The van der Waals surface area contributed by atoms with E-state index in [9.17, 15) is 10.2 Å². The summed E-state index contributed by atoms with van der Waals surface area (Å²) in [5, 5.41) is 24.2. The monoisotopic (exact) mass is 303 g/mol. The molecule has 1 heterocycles. The molecule has 0 atom stereocenters. The Hall–Kier alpha value is -3.34. The minimum absolute atomic E-state index is 0.161. The molecule has 3 N–H and O–H groups in total. The Morgan fingerprint density at radius 1 is 0.783 bits per heavy atom. The van der Waals surface area contributed by atoms with Crippen molar-refractivity contribution >= 4 is 33.3 Å². The second kappa shape index (κ2) is 5.14. The van der Waals surface area contributed by atoms with Gasteiger partial charge in [-0.25, -0.2) is 4.98 Å². The third kappa shape index (κ3) is 2.48. The highest BCUT2D eigenvalue weighted by atomic mass is 16.3. The summed E-state index contributed by atoms with van der Waals surface area (Å²) in [6, 6.07) is 16.6. The SMILES string of the molecule is Oc1ccc(Nc2cnc3cc4ccccc4cc3n2)cc1O. The minimum atomic E-state index is -0.185. The fourth-order valence-electron chi connectivity index (χ4n) is 2.51. The maximum absolute atomic E-state index is 9.54. The highest BCUT2D eigenvalue weighted by Crippen LogP contribution is 2.29. The molecular weight excluding hydrogens is 290 g/mol. The first-order valence-electron chi connectivity index (χ1n) is 7.13. The Morgan fingerprint density at radius 2 is 1.52 bits per heavy atom. The summed E-state index contributed by atoms with van der Waals surface area (Å²) >= 11 is 0. The summed E-state index contributed by atoms with van der Waals surface area (Å²) in [7, 11) is 0.